The van der Waals surface area contributed by atoms with E-state index in [1.807, 2.05) is 31.2 Å². The Morgan fingerprint density at radius 2 is 1.75 bits per heavy atom. The number of benzene rings is 2. The SMILES string of the molecule is COc1ccccc1/C=C/C(=O)NC(C)c1cc(C)c(C)cc1C. The van der Waals surface area contributed by atoms with Crippen molar-refractivity contribution in [3.8, 4) is 5.75 Å². The van der Waals surface area contributed by atoms with Crippen LogP contribution in [0.15, 0.2) is 42.5 Å². The van der Waals surface area contributed by atoms with Gasteiger partial charge in [0.05, 0.1) is 13.2 Å². The van der Waals surface area contributed by atoms with Gasteiger partial charge in [-0.25, -0.2) is 0 Å². The van der Waals surface area contributed by atoms with E-state index in [4.69, 9.17) is 4.74 Å². The van der Waals surface area contributed by atoms with Crippen LogP contribution in [0.5, 0.6) is 5.75 Å². The van der Waals surface area contributed by atoms with Gasteiger partial charge in [-0.15, -0.1) is 0 Å². The summed E-state index contributed by atoms with van der Waals surface area (Å²) < 4.78 is 5.29. The van der Waals surface area contributed by atoms with Crippen LogP contribution in [-0.4, -0.2) is 13.0 Å². The Labute approximate surface area is 144 Å². The minimum atomic E-state index is -0.119. The van der Waals surface area contributed by atoms with Gasteiger partial charge >= 0.3 is 0 Å². The van der Waals surface area contributed by atoms with Gasteiger partial charge in [0, 0.05) is 11.6 Å². The molecule has 1 amide bonds. The van der Waals surface area contributed by atoms with Crippen molar-refractivity contribution in [2.45, 2.75) is 33.7 Å². The van der Waals surface area contributed by atoms with E-state index in [0.717, 1.165) is 16.9 Å². The summed E-state index contributed by atoms with van der Waals surface area (Å²) in [6.45, 7) is 8.28. The highest BCUT2D eigenvalue weighted by atomic mass is 16.5. The maximum atomic E-state index is 12.2. The smallest absolute Gasteiger partial charge is 0.244 e. The summed E-state index contributed by atoms with van der Waals surface area (Å²) in [5, 5.41) is 3.02. The number of carbonyl (C=O) groups is 1. The highest BCUT2D eigenvalue weighted by Gasteiger charge is 2.11. The van der Waals surface area contributed by atoms with Gasteiger partial charge in [0.15, 0.2) is 0 Å². The molecular weight excluding hydrogens is 298 g/mol. The Kier molecular flexibility index (Phi) is 5.80. The molecule has 2 rings (SSSR count). The number of para-hydroxylation sites is 1. The normalized spacial score (nSPS) is 12.2. The van der Waals surface area contributed by atoms with Crippen molar-refractivity contribution in [2.24, 2.45) is 0 Å². The van der Waals surface area contributed by atoms with E-state index < -0.39 is 0 Å². The van der Waals surface area contributed by atoms with Crippen LogP contribution in [0.4, 0.5) is 0 Å². The van der Waals surface area contributed by atoms with Crippen molar-refractivity contribution in [3.05, 3.63) is 70.3 Å². The number of aryl methyl sites for hydroxylation is 3. The molecule has 3 heteroatoms. The third-order valence-corrected chi connectivity index (χ3v) is 4.26. The second-order valence-corrected chi connectivity index (χ2v) is 6.10. The molecule has 0 aromatic heterocycles. The van der Waals surface area contributed by atoms with Crippen molar-refractivity contribution < 1.29 is 9.53 Å². The molecule has 3 nitrogen and oxygen atoms in total. The minimum Gasteiger partial charge on any atom is -0.496 e. The fourth-order valence-electron chi connectivity index (χ4n) is 2.76. The quantitative estimate of drug-likeness (QED) is 0.822. The molecule has 2 aromatic rings. The predicted octanol–water partition coefficient (Wildman–Crippen LogP) is 4.51. The number of carbonyl (C=O) groups excluding carboxylic acids is 1. The molecule has 0 bridgehead atoms. The molecule has 126 valence electrons. The molecule has 0 aliphatic carbocycles. The van der Waals surface area contributed by atoms with Gasteiger partial charge in [-0.3, -0.25) is 4.79 Å². The number of hydrogen-bond acceptors (Lipinski definition) is 2. The zero-order valence-electron chi connectivity index (χ0n) is 15.0. The van der Waals surface area contributed by atoms with Crippen LogP contribution in [0.1, 0.15) is 40.8 Å². The summed E-state index contributed by atoms with van der Waals surface area (Å²) in [6.07, 6.45) is 3.32. The fourth-order valence-corrected chi connectivity index (χ4v) is 2.76. The monoisotopic (exact) mass is 323 g/mol. The number of ether oxygens (including phenoxy) is 1. The summed E-state index contributed by atoms with van der Waals surface area (Å²) in [7, 11) is 1.62. The third-order valence-electron chi connectivity index (χ3n) is 4.26. The topological polar surface area (TPSA) is 38.3 Å². The molecule has 0 aliphatic rings. The van der Waals surface area contributed by atoms with Crippen molar-refractivity contribution in [3.63, 3.8) is 0 Å². The molecular formula is C21H25NO2. The number of hydrogen-bond donors (Lipinski definition) is 1. The van der Waals surface area contributed by atoms with E-state index >= 15 is 0 Å². The van der Waals surface area contributed by atoms with Crippen LogP contribution in [0.25, 0.3) is 6.08 Å². The molecule has 0 radical (unpaired) electrons. The first-order valence-corrected chi connectivity index (χ1v) is 8.11. The molecule has 0 heterocycles. The number of nitrogens with one attached hydrogen (secondary N) is 1. The number of rotatable bonds is 5. The van der Waals surface area contributed by atoms with Crippen LogP contribution in [0.2, 0.25) is 0 Å². The molecule has 0 saturated carbocycles. The Hall–Kier alpha value is -2.55. The highest BCUT2D eigenvalue weighted by Crippen LogP contribution is 2.22. The zero-order chi connectivity index (χ0) is 17.7. The Balaban J connectivity index is 2.09. The second-order valence-electron chi connectivity index (χ2n) is 6.10. The summed E-state index contributed by atoms with van der Waals surface area (Å²) in [5.41, 5.74) is 5.73. The molecule has 1 atom stereocenters. The summed E-state index contributed by atoms with van der Waals surface area (Å²) >= 11 is 0. The lowest BCUT2D eigenvalue weighted by molar-refractivity contribution is -0.117. The lowest BCUT2D eigenvalue weighted by atomic mass is 9.96. The Bertz CT molecular complexity index is 762. The molecule has 0 spiro atoms. The van der Waals surface area contributed by atoms with Crippen LogP contribution < -0.4 is 10.1 Å². The van der Waals surface area contributed by atoms with Gasteiger partial charge in [0.2, 0.25) is 5.91 Å². The van der Waals surface area contributed by atoms with Gasteiger partial charge in [-0.05, 0) is 62.1 Å². The lowest BCUT2D eigenvalue weighted by Gasteiger charge is -2.17. The average molecular weight is 323 g/mol. The largest absolute Gasteiger partial charge is 0.496 e. The first-order chi connectivity index (χ1) is 11.4. The van der Waals surface area contributed by atoms with Crippen LogP contribution >= 0.6 is 0 Å². The van der Waals surface area contributed by atoms with E-state index in [0.29, 0.717) is 0 Å². The fraction of sp³-hybridized carbons (Fsp3) is 0.286. The molecule has 1 N–H and O–H groups in total. The van der Waals surface area contributed by atoms with Gasteiger partial charge in [0.25, 0.3) is 0 Å². The van der Waals surface area contributed by atoms with Crippen molar-refractivity contribution in [1.29, 1.82) is 0 Å². The second kappa shape index (κ2) is 7.82. The van der Waals surface area contributed by atoms with E-state index in [-0.39, 0.29) is 11.9 Å². The molecule has 0 aliphatic heterocycles. The summed E-state index contributed by atoms with van der Waals surface area (Å²) in [6, 6.07) is 11.9. The third kappa shape index (κ3) is 4.25. The predicted molar refractivity (Wildman–Crippen MR) is 99.2 cm³/mol. The zero-order valence-corrected chi connectivity index (χ0v) is 15.0. The molecule has 0 fully saturated rings. The standard InChI is InChI=1S/C21H25NO2/c1-14-12-16(3)19(13-15(14)2)17(4)22-21(23)11-10-18-8-6-7-9-20(18)24-5/h6-13,17H,1-5H3,(H,22,23)/b11-10+. The van der Waals surface area contributed by atoms with E-state index in [1.165, 1.54) is 16.7 Å². The lowest BCUT2D eigenvalue weighted by Crippen LogP contribution is -2.25. The first kappa shape index (κ1) is 17.8. The molecule has 0 saturated heterocycles. The minimum absolute atomic E-state index is 0.0425. The average Bonchev–Trinajstić information content (AvgIpc) is 2.56. The molecule has 2 aromatic carbocycles. The van der Waals surface area contributed by atoms with Gasteiger partial charge in [0.1, 0.15) is 5.75 Å². The summed E-state index contributed by atoms with van der Waals surface area (Å²) in [5.74, 6) is 0.630. The van der Waals surface area contributed by atoms with Crippen LogP contribution in [-0.2, 0) is 4.79 Å². The van der Waals surface area contributed by atoms with E-state index in [2.05, 4.69) is 38.2 Å². The van der Waals surface area contributed by atoms with E-state index in [1.54, 1.807) is 19.3 Å². The van der Waals surface area contributed by atoms with Gasteiger partial charge < -0.3 is 10.1 Å². The van der Waals surface area contributed by atoms with Crippen molar-refractivity contribution >= 4 is 12.0 Å². The van der Waals surface area contributed by atoms with Crippen molar-refractivity contribution in [2.75, 3.05) is 7.11 Å². The van der Waals surface area contributed by atoms with Crippen molar-refractivity contribution in [1.82, 2.24) is 5.32 Å². The number of amides is 1. The number of methoxy groups -OCH3 is 1. The summed E-state index contributed by atoms with van der Waals surface area (Å²) in [4.78, 5) is 12.2. The maximum absolute atomic E-state index is 12.2. The molecule has 1 unspecified atom stereocenters. The molecule has 24 heavy (non-hydrogen) atoms. The Morgan fingerprint density at radius 3 is 2.46 bits per heavy atom. The highest BCUT2D eigenvalue weighted by molar-refractivity contribution is 5.92. The Morgan fingerprint density at radius 1 is 1.08 bits per heavy atom. The van der Waals surface area contributed by atoms with Crippen LogP contribution in [0.3, 0.4) is 0 Å². The maximum Gasteiger partial charge on any atom is 0.244 e. The first-order valence-electron chi connectivity index (χ1n) is 8.11. The van der Waals surface area contributed by atoms with Gasteiger partial charge in [-0.2, -0.15) is 0 Å². The van der Waals surface area contributed by atoms with Crippen LogP contribution in [0, 0.1) is 20.8 Å². The van der Waals surface area contributed by atoms with E-state index in [9.17, 15) is 4.79 Å². The van der Waals surface area contributed by atoms with Gasteiger partial charge in [-0.1, -0.05) is 30.3 Å².